The molecule has 0 saturated carbocycles. The van der Waals surface area contributed by atoms with Crippen molar-refractivity contribution in [1.82, 2.24) is 19.5 Å². The van der Waals surface area contributed by atoms with Gasteiger partial charge in [-0.1, -0.05) is 146 Å². The summed E-state index contributed by atoms with van der Waals surface area (Å²) in [6.45, 7) is 0. The molecule has 1 atom stereocenters. The van der Waals surface area contributed by atoms with Crippen LogP contribution in [-0.4, -0.2) is 23.7 Å². The van der Waals surface area contributed by atoms with Crippen LogP contribution in [0.4, 0.5) is 4.39 Å². The lowest BCUT2D eigenvalue weighted by atomic mass is 9.99. The molecular weight excluding hydrogens is 736 g/mol. The Morgan fingerprint density at radius 1 is 0.414 bits per heavy atom. The summed E-state index contributed by atoms with van der Waals surface area (Å²) in [5.41, 5.74) is 10.3. The molecule has 10 aromatic rings. The maximum atomic E-state index is 16.6. The van der Waals surface area contributed by atoms with Crippen LogP contribution < -0.4 is 0 Å². The SMILES string of the molecule is O=S1c2ccccc2-c2cccc(-c3ccc(-n4c5ccccc5c5cc(-c6cccc(-c7nc(-c8ccccc8)nc(-c8ccccc8)n7)c6)c(F)cc54)cc3)c21. The second-order valence-electron chi connectivity index (χ2n) is 14.3. The smallest absolute Gasteiger partial charge is 0.164 e. The molecule has 1 aliphatic heterocycles. The summed E-state index contributed by atoms with van der Waals surface area (Å²) in [7, 11) is -1.27. The van der Waals surface area contributed by atoms with Gasteiger partial charge in [0.15, 0.2) is 17.5 Å². The first-order chi connectivity index (χ1) is 28.6. The molecule has 0 amide bonds. The molecule has 0 spiro atoms. The molecule has 0 bridgehead atoms. The van der Waals surface area contributed by atoms with E-state index in [0.717, 1.165) is 81.8 Å². The zero-order valence-electron chi connectivity index (χ0n) is 30.9. The fourth-order valence-electron chi connectivity index (χ4n) is 8.18. The molecule has 7 heteroatoms. The minimum Gasteiger partial charge on any atom is -0.309 e. The molecule has 0 fully saturated rings. The number of hydrogen-bond donors (Lipinski definition) is 0. The normalized spacial score (nSPS) is 13.2. The van der Waals surface area contributed by atoms with Gasteiger partial charge in [0, 0.05) is 44.3 Å². The summed E-state index contributed by atoms with van der Waals surface area (Å²) >= 11 is 0. The number of nitrogens with zero attached hydrogens (tertiary/aromatic N) is 4. The van der Waals surface area contributed by atoms with E-state index in [-0.39, 0.29) is 5.82 Å². The largest absolute Gasteiger partial charge is 0.309 e. The lowest BCUT2D eigenvalue weighted by Crippen LogP contribution is -2.00. The van der Waals surface area contributed by atoms with Gasteiger partial charge in [-0.05, 0) is 64.7 Å². The van der Waals surface area contributed by atoms with Crippen LogP contribution in [0, 0.1) is 5.82 Å². The van der Waals surface area contributed by atoms with Crippen LogP contribution in [0.3, 0.4) is 0 Å². The van der Waals surface area contributed by atoms with Crippen LogP contribution >= 0.6 is 0 Å². The van der Waals surface area contributed by atoms with Gasteiger partial charge in [-0.15, -0.1) is 0 Å². The summed E-state index contributed by atoms with van der Waals surface area (Å²) in [5.74, 6) is 1.30. The van der Waals surface area contributed by atoms with E-state index in [1.807, 2.05) is 146 Å². The Morgan fingerprint density at radius 3 is 1.72 bits per heavy atom. The lowest BCUT2D eigenvalue weighted by molar-refractivity contribution is 0.632. The first-order valence-electron chi connectivity index (χ1n) is 19.0. The van der Waals surface area contributed by atoms with E-state index >= 15 is 4.39 Å². The molecule has 0 saturated heterocycles. The van der Waals surface area contributed by atoms with E-state index in [0.29, 0.717) is 23.0 Å². The highest BCUT2D eigenvalue weighted by atomic mass is 32.2. The highest BCUT2D eigenvalue weighted by Gasteiger charge is 2.28. The first kappa shape index (κ1) is 33.9. The van der Waals surface area contributed by atoms with Crippen molar-refractivity contribution in [3.63, 3.8) is 0 Å². The van der Waals surface area contributed by atoms with Crippen LogP contribution in [0.15, 0.2) is 198 Å². The quantitative estimate of drug-likeness (QED) is 0.169. The molecule has 1 aliphatic rings. The molecule has 0 radical (unpaired) electrons. The molecule has 274 valence electrons. The molecule has 11 rings (SSSR count). The Bertz CT molecular complexity index is 3200. The standard InChI is InChI=1S/C51H31FN4OS/c52-44-31-46-43(30-42(44)35-17-11-18-36(29-35)51-54-49(33-13-3-1-4-14-33)53-50(55-51)34-15-5-2-6-16-34)39-19-7-9-23-45(39)56(46)37-27-25-32(26-28-37)38-21-12-22-41-40-20-8-10-24-47(40)58(57)48(38)41/h1-31H. The van der Waals surface area contributed by atoms with E-state index in [1.165, 1.54) is 0 Å². The zero-order valence-corrected chi connectivity index (χ0v) is 31.7. The highest BCUT2D eigenvalue weighted by molar-refractivity contribution is 7.86. The Balaban J connectivity index is 0.999. The second kappa shape index (κ2) is 13.7. The maximum Gasteiger partial charge on any atom is 0.164 e. The Kier molecular flexibility index (Phi) is 8.01. The van der Waals surface area contributed by atoms with Crippen molar-refractivity contribution in [2.24, 2.45) is 0 Å². The lowest BCUT2D eigenvalue weighted by Gasteiger charge is -2.12. The Labute approximate surface area is 336 Å². The number of hydrogen-bond acceptors (Lipinski definition) is 4. The van der Waals surface area contributed by atoms with E-state index in [2.05, 4.69) is 41.0 Å². The molecular formula is C51H31FN4OS. The molecule has 1 unspecified atom stereocenters. The first-order valence-corrected chi connectivity index (χ1v) is 20.2. The van der Waals surface area contributed by atoms with E-state index in [1.54, 1.807) is 6.07 Å². The number of fused-ring (bicyclic) bond motifs is 6. The average Bonchev–Trinajstić information content (AvgIpc) is 3.77. The van der Waals surface area contributed by atoms with Crippen LogP contribution in [0.25, 0.3) is 95.0 Å². The van der Waals surface area contributed by atoms with Crippen molar-refractivity contribution in [2.45, 2.75) is 9.79 Å². The van der Waals surface area contributed by atoms with Gasteiger partial charge < -0.3 is 4.57 Å². The topological polar surface area (TPSA) is 60.7 Å². The molecule has 5 nitrogen and oxygen atoms in total. The summed E-state index contributed by atoms with van der Waals surface area (Å²) in [6, 6.07) is 61.5. The fourth-order valence-corrected chi connectivity index (χ4v) is 9.74. The Hall–Kier alpha value is -7.35. The average molecular weight is 767 g/mol. The van der Waals surface area contributed by atoms with Gasteiger partial charge in [0.2, 0.25) is 0 Å². The van der Waals surface area contributed by atoms with E-state index in [9.17, 15) is 4.21 Å². The second-order valence-corrected chi connectivity index (χ2v) is 15.7. The zero-order chi connectivity index (χ0) is 38.7. The van der Waals surface area contributed by atoms with E-state index in [4.69, 9.17) is 15.0 Å². The van der Waals surface area contributed by atoms with Gasteiger partial charge in [0.05, 0.1) is 31.6 Å². The molecule has 0 aliphatic carbocycles. The van der Waals surface area contributed by atoms with Gasteiger partial charge in [-0.2, -0.15) is 0 Å². The molecule has 8 aromatic carbocycles. The van der Waals surface area contributed by atoms with Gasteiger partial charge in [-0.25, -0.2) is 23.6 Å². The number of halogens is 1. The van der Waals surface area contributed by atoms with Crippen molar-refractivity contribution < 1.29 is 8.60 Å². The third-order valence-electron chi connectivity index (χ3n) is 10.9. The van der Waals surface area contributed by atoms with Gasteiger partial charge in [0.1, 0.15) is 5.82 Å². The number of aromatic nitrogens is 4. The Morgan fingerprint density at radius 2 is 0.983 bits per heavy atom. The predicted octanol–water partition coefficient (Wildman–Crippen LogP) is 12.6. The predicted molar refractivity (Wildman–Crippen MR) is 231 cm³/mol. The van der Waals surface area contributed by atoms with Crippen LogP contribution in [0.1, 0.15) is 0 Å². The summed E-state index contributed by atoms with van der Waals surface area (Å²) in [6.07, 6.45) is 0. The highest BCUT2D eigenvalue weighted by Crippen LogP contribution is 2.45. The molecule has 3 heterocycles. The van der Waals surface area contributed by atoms with Crippen LogP contribution in [0.5, 0.6) is 0 Å². The molecule has 0 N–H and O–H groups in total. The molecule has 58 heavy (non-hydrogen) atoms. The van der Waals surface area contributed by atoms with Gasteiger partial charge >= 0.3 is 0 Å². The minimum atomic E-state index is -1.27. The van der Waals surface area contributed by atoms with Crippen molar-refractivity contribution >= 4 is 32.6 Å². The van der Waals surface area contributed by atoms with Crippen molar-refractivity contribution in [1.29, 1.82) is 0 Å². The van der Waals surface area contributed by atoms with E-state index < -0.39 is 10.8 Å². The van der Waals surface area contributed by atoms with Crippen molar-refractivity contribution in [2.75, 3.05) is 0 Å². The van der Waals surface area contributed by atoms with Crippen LogP contribution in [0.2, 0.25) is 0 Å². The molecule has 2 aromatic heterocycles. The number of rotatable bonds is 6. The third kappa shape index (κ3) is 5.58. The van der Waals surface area contributed by atoms with Crippen molar-refractivity contribution in [3.8, 4) is 73.2 Å². The third-order valence-corrected chi connectivity index (χ3v) is 12.5. The van der Waals surface area contributed by atoms with Gasteiger partial charge in [0.25, 0.3) is 0 Å². The van der Waals surface area contributed by atoms with Gasteiger partial charge in [-0.3, -0.25) is 0 Å². The van der Waals surface area contributed by atoms with Crippen molar-refractivity contribution in [3.05, 3.63) is 194 Å². The monoisotopic (exact) mass is 766 g/mol. The summed E-state index contributed by atoms with van der Waals surface area (Å²) in [5, 5.41) is 1.96. The number of para-hydroxylation sites is 1. The number of benzene rings is 8. The minimum absolute atomic E-state index is 0.335. The fraction of sp³-hybridized carbons (Fsp3) is 0. The summed E-state index contributed by atoms with van der Waals surface area (Å²) < 4.78 is 32.4. The van der Waals surface area contributed by atoms with Crippen LogP contribution in [-0.2, 0) is 10.8 Å². The summed E-state index contributed by atoms with van der Waals surface area (Å²) in [4.78, 5) is 16.3. The maximum absolute atomic E-state index is 16.6.